The maximum absolute atomic E-state index is 5.96. The Labute approximate surface area is 99.5 Å². The predicted octanol–water partition coefficient (Wildman–Crippen LogP) is 0.983. The van der Waals surface area contributed by atoms with Crippen molar-refractivity contribution in [2.45, 2.75) is 32.7 Å². The molecule has 16 heavy (non-hydrogen) atoms. The lowest BCUT2D eigenvalue weighted by Crippen LogP contribution is -2.44. The molecule has 94 valence electrons. The minimum absolute atomic E-state index is 0.291. The number of rotatable bonds is 3. The quantitative estimate of drug-likeness (QED) is 0.576. The zero-order chi connectivity index (χ0) is 12.1. The topological polar surface area (TPSA) is 44.9 Å². The van der Waals surface area contributed by atoms with Crippen LogP contribution in [0.15, 0.2) is 4.99 Å². The van der Waals surface area contributed by atoms with Gasteiger partial charge in [0.15, 0.2) is 5.96 Å². The van der Waals surface area contributed by atoms with Crippen molar-refractivity contribution in [2.24, 2.45) is 16.6 Å². The SMILES string of the molecule is CC(C)N=C(N)N1CCC(CN(C)C)CC1. The van der Waals surface area contributed by atoms with Gasteiger partial charge in [0, 0.05) is 25.7 Å². The number of nitrogens with two attached hydrogens (primary N) is 1. The number of nitrogens with zero attached hydrogens (tertiary/aromatic N) is 3. The molecule has 0 aromatic rings. The van der Waals surface area contributed by atoms with Crippen LogP contribution in [-0.2, 0) is 0 Å². The van der Waals surface area contributed by atoms with Crippen LogP contribution in [0.3, 0.4) is 0 Å². The Morgan fingerprint density at radius 3 is 2.38 bits per heavy atom. The highest BCUT2D eigenvalue weighted by molar-refractivity contribution is 5.78. The Hall–Kier alpha value is -0.770. The lowest BCUT2D eigenvalue weighted by molar-refractivity contribution is 0.217. The summed E-state index contributed by atoms with van der Waals surface area (Å²) in [6, 6.07) is 0.291. The third-order valence-electron chi connectivity index (χ3n) is 2.95. The summed E-state index contributed by atoms with van der Waals surface area (Å²) >= 11 is 0. The monoisotopic (exact) mass is 226 g/mol. The minimum Gasteiger partial charge on any atom is -0.370 e. The van der Waals surface area contributed by atoms with Crippen LogP contribution in [0, 0.1) is 5.92 Å². The second kappa shape index (κ2) is 6.09. The van der Waals surface area contributed by atoms with E-state index in [1.165, 1.54) is 19.4 Å². The molecule has 4 heteroatoms. The average molecular weight is 226 g/mol. The van der Waals surface area contributed by atoms with Gasteiger partial charge in [0.1, 0.15) is 0 Å². The molecule has 0 atom stereocenters. The van der Waals surface area contributed by atoms with Gasteiger partial charge in [-0.25, -0.2) is 0 Å². The van der Waals surface area contributed by atoms with Crippen molar-refractivity contribution in [2.75, 3.05) is 33.7 Å². The summed E-state index contributed by atoms with van der Waals surface area (Å²) in [5.74, 6) is 1.54. The third-order valence-corrected chi connectivity index (χ3v) is 2.95. The molecule has 0 bridgehead atoms. The maximum Gasteiger partial charge on any atom is 0.191 e. The number of aliphatic imine (C=N–C) groups is 1. The normalized spacial score (nSPS) is 19.9. The van der Waals surface area contributed by atoms with Gasteiger partial charge < -0.3 is 15.5 Å². The second-order valence-electron chi connectivity index (χ2n) is 5.27. The Bertz CT molecular complexity index is 227. The molecule has 1 aliphatic rings. The van der Waals surface area contributed by atoms with Crippen molar-refractivity contribution in [1.29, 1.82) is 0 Å². The lowest BCUT2D eigenvalue weighted by atomic mass is 9.97. The van der Waals surface area contributed by atoms with E-state index in [1.807, 2.05) is 0 Å². The van der Waals surface area contributed by atoms with Crippen molar-refractivity contribution in [3.05, 3.63) is 0 Å². The van der Waals surface area contributed by atoms with E-state index in [-0.39, 0.29) is 0 Å². The van der Waals surface area contributed by atoms with E-state index in [0.717, 1.165) is 25.0 Å². The third kappa shape index (κ3) is 4.39. The van der Waals surface area contributed by atoms with Crippen molar-refractivity contribution in [3.63, 3.8) is 0 Å². The van der Waals surface area contributed by atoms with Crippen LogP contribution in [0.2, 0.25) is 0 Å². The first-order chi connectivity index (χ1) is 7.49. The number of guanidine groups is 1. The minimum atomic E-state index is 0.291. The maximum atomic E-state index is 5.96. The summed E-state index contributed by atoms with van der Waals surface area (Å²) in [4.78, 5) is 8.88. The number of likely N-dealkylation sites (tertiary alicyclic amines) is 1. The number of hydrogen-bond donors (Lipinski definition) is 1. The lowest BCUT2D eigenvalue weighted by Gasteiger charge is -2.34. The van der Waals surface area contributed by atoms with E-state index in [0.29, 0.717) is 6.04 Å². The molecular weight excluding hydrogens is 200 g/mol. The molecule has 1 aliphatic heterocycles. The van der Waals surface area contributed by atoms with Crippen LogP contribution in [-0.4, -0.2) is 55.5 Å². The Kier molecular flexibility index (Phi) is 5.06. The van der Waals surface area contributed by atoms with Crippen molar-refractivity contribution in [3.8, 4) is 0 Å². The highest BCUT2D eigenvalue weighted by Gasteiger charge is 2.20. The fourth-order valence-electron chi connectivity index (χ4n) is 2.21. The van der Waals surface area contributed by atoms with Gasteiger partial charge in [-0.15, -0.1) is 0 Å². The summed E-state index contributed by atoms with van der Waals surface area (Å²) in [5, 5.41) is 0. The number of piperidine rings is 1. The first-order valence-electron chi connectivity index (χ1n) is 6.22. The van der Waals surface area contributed by atoms with Gasteiger partial charge in [0.2, 0.25) is 0 Å². The van der Waals surface area contributed by atoms with E-state index < -0.39 is 0 Å². The molecule has 0 unspecified atom stereocenters. The first-order valence-corrected chi connectivity index (χ1v) is 6.22. The Morgan fingerprint density at radius 2 is 1.94 bits per heavy atom. The van der Waals surface area contributed by atoms with Gasteiger partial charge >= 0.3 is 0 Å². The summed E-state index contributed by atoms with van der Waals surface area (Å²) in [6.45, 7) is 7.42. The Balaban J connectivity index is 2.37. The Morgan fingerprint density at radius 1 is 1.38 bits per heavy atom. The first kappa shape index (κ1) is 13.3. The van der Waals surface area contributed by atoms with Gasteiger partial charge in [-0.3, -0.25) is 4.99 Å². The zero-order valence-corrected chi connectivity index (χ0v) is 11.1. The smallest absolute Gasteiger partial charge is 0.191 e. The second-order valence-corrected chi connectivity index (χ2v) is 5.27. The van der Waals surface area contributed by atoms with Crippen LogP contribution >= 0.6 is 0 Å². The molecule has 0 aromatic carbocycles. The van der Waals surface area contributed by atoms with Gasteiger partial charge in [-0.1, -0.05) is 0 Å². The van der Waals surface area contributed by atoms with E-state index in [9.17, 15) is 0 Å². The van der Waals surface area contributed by atoms with Crippen LogP contribution < -0.4 is 5.73 Å². The van der Waals surface area contributed by atoms with Crippen LogP contribution in [0.5, 0.6) is 0 Å². The van der Waals surface area contributed by atoms with Gasteiger partial charge in [-0.2, -0.15) is 0 Å². The molecule has 0 amide bonds. The molecule has 1 saturated heterocycles. The molecule has 0 radical (unpaired) electrons. The van der Waals surface area contributed by atoms with E-state index in [1.54, 1.807) is 0 Å². The van der Waals surface area contributed by atoms with Crippen molar-refractivity contribution >= 4 is 5.96 Å². The van der Waals surface area contributed by atoms with Gasteiger partial charge in [0.05, 0.1) is 0 Å². The van der Waals surface area contributed by atoms with Gasteiger partial charge in [-0.05, 0) is 46.7 Å². The van der Waals surface area contributed by atoms with Crippen LogP contribution in [0.4, 0.5) is 0 Å². The van der Waals surface area contributed by atoms with Crippen molar-refractivity contribution < 1.29 is 0 Å². The highest BCUT2D eigenvalue weighted by atomic mass is 15.3. The molecule has 0 aliphatic carbocycles. The fourth-order valence-corrected chi connectivity index (χ4v) is 2.21. The zero-order valence-electron chi connectivity index (χ0n) is 11.1. The predicted molar refractivity (Wildman–Crippen MR) is 69.6 cm³/mol. The van der Waals surface area contributed by atoms with E-state index >= 15 is 0 Å². The van der Waals surface area contributed by atoms with Crippen molar-refractivity contribution in [1.82, 2.24) is 9.80 Å². The van der Waals surface area contributed by atoms with Crippen LogP contribution in [0.25, 0.3) is 0 Å². The molecule has 1 rings (SSSR count). The molecule has 1 heterocycles. The summed E-state index contributed by atoms with van der Waals surface area (Å²) in [6.07, 6.45) is 2.46. The number of hydrogen-bond acceptors (Lipinski definition) is 2. The molecule has 1 fully saturated rings. The fraction of sp³-hybridized carbons (Fsp3) is 0.917. The van der Waals surface area contributed by atoms with Gasteiger partial charge in [0.25, 0.3) is 0 Å². The molecule has 0 saturated carbocycles. The van der Waals surface area contributed by atoms with E-state index in [2.05, 4.69) is 42.7 Å². The largest absolute Gasteiger partial charge is 0.370 e. The van der Waals surface area contributed by atoms with E-state index in [4.69, 9.17) is 5.73 Å². The summed E-state index contributed by atoms with van der Waals surface area (Å²) in [5.41, 5.74) is 5.96. The standard InChI is InChI=1S/C12H26N4/c1-10(2)14-12(13)16-7-5-11(6-8-16)9-15(3)4/h10-11H,5-9H2,1-4H3,(H2,13,14). The molecular formula is C12H26N4. The molecule has 0 spiro atoms. The molecule has 2 N–H and O–H groups in total. The molecule has 4 nitrogen and oxygen atoms in total. The van der Waals surface area contributed by atoms with Crippen LogP contribution in [0.1, 0.15) is 26.7 Å². The molecule has 0 aromatic heterocycles. The summed E-state index contributed by atoms with van der Waals surface area (Å²) in [7, 11) is 4.28. The highest BCUT2D eigenvalue weighted by Crippen LogP contribution is 2.17. The summed E-state index contributed by atoms with van der Waals surface area (Å²) < 4.78 is 0. The average Bonchev–Trinajstić information content (AvgIpc) is 2.16.